The number of halogens is 4. The number of anilines is 1. The van der Waals surface area contributed by atoms with E-state index in [2.05, 4.69) is 5.32 Å². The SMILES string of the molecule is O=C(Nc1ccc(Oc2ccc(F)cc2)cc1)C1CC(CCc2ccccc2)CN1C(=O)Cc1c(F)ccc(F)c1F. The van der Waals surface area contributed by atoms with Gasteiger partial charge in [0.25, 0.3) is 0 Å². The highest BCUT2D eigenvalue weighted by Gasteiger charge is 2.39. The maximum absolute atomic E-state index is 14.3. The molecule has 1 N–H and O–H groups in total. The highest BCUT2D eigenvalue weighted by Crippen LogP contribution is 2.30. The van der Waals surface area contributed by atoms with Crippen LogP contribution in [0.5, 0.6) is 11.5 Å². The Morgan fingerprint density at radius 3 is 2.14 bits per heavy atom. The van der Waals surface area contributed by atoms with Gasteiger partial charge in [0.1, 0.15) is 29.2 Å². The quantitative estimate of drug-likeness (QED) is 0.171. The lowest BCUT2D eigenvalue weighted by Crippen LogP contribution is -2.44. The van der Waals surface area contributed by atoms with Crippen LogP contribution >= 0.6 is 0 Å². The fraction of sp³-hybridized carbons (Fsp3) is 0.212. The van der Waals surface area contributed by atoms with Gasteiger partial charge in [-0.3, -0.25) is 9.59 Å². The van der Waals surface area contributed by atoms with Crippen molar-refractivity contribution in [2.24, 2.45) is 5.92 Å². The van der Waals surface area contributed by atoms with Crippen molar-refractivity contribution in [3.8, 4) is 11.5 Å². The van der Waals surface area contributed by atoms with Crippen LogP contribution in [0.2, 0.25) is 0 Å². The van der Waals surface area contributed by atoms with Crippen molar-refractivity contribution in [1.82, 2.24) is 4.90 Å². The minimum absolute atomic E-state index is 0.0291. The van der Waals surface area contributed by atoms with Crippen molar-refractivity contribution in [3.63, 3.8) is 0 Å². The predicted octanol–water partition coefficient (Wildman–Crippen LogP) is 7.07. The largest absolute Gasteiger partial charge is 0.457 e. The topological polar surface area (TPSA) is 58.6 Å². The van der Waals surface area contributed by atoms with Crippen LogP contribution in [0.3, 0.4) is 0 Å². The van der Waals surface area contributed by atoms with Gasteiger partial charge < -0.3 is 15.0 Å². The van der Waals surface area contributed by atoms with Crippen LogP contribution in [0.25, 0.3) is 0 Å². The molecule has 0 aliphatic carbocycles. The number of amides is 2. The van der Waals surface area contributed by atoms with Crippen molar-refractivity contribution < 1.29 is 31.9 Å². The normalized spacial score (nSPS) is 16.3. The average Bonchev–Trinajstić information content (AvgIpc) is 3.44. The number of benzene rings is 4. The van der Waals surface area contributed by atoms with Gasteiger partial charge in [0.2, 0.25) is 11.8 Å². The van der Waals surface area contributed by atoms with E-state index >= 15 is 0 Å². The van der Waals surface area contributed by atoms with Gasteiger partial charge in [-0.25, -0.2) is 17.6 Å². The Labute approximate surface area is 240 Å². The third-order valence-corrected chi connectivity index (χ3v) is 7.33. The smallest absolute Gasteiger partial charge is 0.247 e. The second-order valence-corrected chi connectivity index (χ2v) is 10.3. The number of nitrogens with zero attached hydrogens (tertiary/aromatic N) is 1. The summed E-state index contributed by atoms with van der Waals surface area (Å²) in [6.45, 7) is 0.229. The van der Waals surface area contributed by atoms with E-state index in [1.165, 1.54) is 29.2 Å². The number of aryl methyl sites for hydroxylation is 1. The predicted molar refractivity (Wildman–Crippen MR) is 150 cm³/mol. The lowest BCUT2D eigenvalue weighted by Gasteiger charge is -2.24. The van der Waals surface area contributed by atoms with Crippen LogP contribution in [0, 0.1) is 29.2 Å². The Kier molecular flexibility index (Phi) is 8.85. The number of carbonyl (C=O) groups is 2. The van der Waals surface area contributed by atoms with Crippen LogP contribution in [-0.2, 0) is 22.4 Å². The monoisotopic (exact) mass is 576 g/mol. The van der Waals surface area contributed by atoms with Crippen molar-refractivity contribution in [2.75, 3.05) is 11.9 Å². The maximum Gasteiger partial charge on any atom is 0.247 e. The summed E-state index contributed by atoms with van der Waals surface area (Å²) in [6, 6.07) is 22.4. The van der Waals surface area contributed by atoms with Gasteiger partial charge >= 0.3 is 0 Å². The molecule has 0 radical (unpaired) electrons. The van der Waals surface area contributed by atoms with Crippen LogP contribution in [-0.4, -0.2) is 29.3 Å². The molecule has 1 aliphatic rings. The van der Waals surface area contributed by atoms with E-state index in [0.717, 1.165) is 18.1 Å². The first-order valence-electron chi connectivity index (χ1n) is 13.6. The average molecular weight is 577 g/mol. The van der Waals surface area contributed by atoms with E-state index < -0.39 is 47.3 Å². The maximum atomic E-state index is 14.3. The van der Waals surface area contributed by atoms with E-state index in [1.807, 2.05) is 30.3 Å². The third kappa shape index (κ3) is 6.97. The van der Waals surface area contributed by atoms with Gasteiger partial charge in [0.05, 0.1) is 6.42 Å². The number of carbonyl (C=O) groups excluding carboxylic acids is 2. The Balaban J connectivity index is 1.29. The second kappa shape index (κ2) is 12.9. The zero-order chi connectivity index (χ0) is 29.6. The van der Waals surface area contributed by atoms with E-state index in [1.54, 1.807) is 24.3 Å². The van der Waals surface area contributed by atoms with Crippen LogP contribution < -0.4 is 10.1 Å². The molecule has 5 rings (SSSR count). The van der Waals surface area contributed by atoms with Gasteiger partial charge in [0.15, 0.2) is 11.6 Å². The number of ether oxygens (including phenoxy) is 1. The van der Waals surface area contributed by atoms with Gasteiger partial charge in [-0.05, 0) is 91.4 Å². The standard InChI is InChI=1S/C33H28F4N2O3/c34-23-8-12-25(13-9-23)42-26-14-10-24(11-15-26)38-33(41)30-18-22(7-6-21-4-2-1-3-5-21)20-39(30)31(40)19-27-28(35)16-17-29(36)32(27)37/h1-5,8-17,22,30H,6-7,18-20H2,(H,38,41). The molecule has 5 nitrogen and oxygen atoms in total. The summed E-state index contributed by atoms with van der Waals surface area (Å²) < 4.78 is 61.2. The molecule has 216 valence electrons. The summed E-state index contributed by atoms with van der Waals surface area (Å²) in [5, 5.41) is 2.81. The minimum Gasteiger partial charge on any atom is -0.457 e. The molecule has 0 bridgehead atoms. The molecule has 4 aromatic carbocycles. The zero-order valence-corrected chi connectivity index (χ0v) is 22.5. The molecule has 2 amide bonds. The molecule has 0 aromatic heterocycles. The van der Waals surface area contributed by atoms with Crippen molar-refractivity contribution in [3.05, 3.63) is 125 Å². The van der Waals surface area contributed by atoms with Crippen LogP contribution in [0.1, 0.15) is 24.0 Å². The first-order chi connectivity index (χ1) is 20.3. The molecule has 2 unspecified atom stereocenters. The third-order valence-electron chi connectivity index (χ3n) is 7.33. The summed E-state index contributed by atoms with van der Waals surface area (Å²) in [7, 11) is 0. The number of hydrogen-bond acceptors (Lipinski definition) is 3. The second-order valence-electron chi connectivity index (χ2n) is 10.3. The fourth-order valence-electron chi connectivity index (χ4n) is 5.13. The molecule has 2 atom stereocenters. The van der Waals surface area contributed by atoms with E-state index in [4.69, 9.17) is 4.74 Å². The molecule has 42 heavy (non-hydrogen) atoms. The Morgan fingerprint density at radius 1 is 0.810 bits per heavy atom. The van der Waals surface area contributed by atoms with Crippen molar-refractivity contribution in [2.45, 2.75) is 31.7 Å². The van der Waals surface area contributed by atoms with Gasteiger partial charge in [-0.1, -0.05) is 30.3 Å². The fourth-order valence-corrected chi connectivity index (χ4v) is 5.13. The van der Waals surface area contributed by atoms with Gasteiger partial charge in [-0.15, -0.1) is 0 Å². The highest BCUT2D eigenvalue weighted by molar-refractivity contribution is 5.97. The summed E-state index contributed by atoms with van der Waals surface area (Å²) in [6.07, 6.45) is 1.10. The highest BCUT2D eigenvalue weighted by atomic mass is 19.2. The first kappa shape index (κ1) is 28.9. The molecular formula is C33H28F4N2O3. The molecule has 1 heterocycles. The number of hydrogen-bond donors (Lipinski definition) is 1. The number of likely N-dealkylation sites (tertiary alicyclic amines) is 1. The molecular weight excluding hydrogens is 548 g/mol. The van der Waals surface area contributed by atoms with Crippen molar-refractivity contribution >= 4 is 17.5 Å². The summed E-state index contributed by atoms with van der Waals surface area (Å²) in [5.41, 5.74) is 0.910. The van der Waals surface area contributed by atoms with E-state index in [9.17, 15) is 27.2 Å². The molecule has 1 aliphatic heterocycles. The summed E-state index contributed by atoms with van der Waals surface area (Å²) in [4.78, 5) is 28.1. The summed E-state index contributed by atoms with van der Waals surface area (Å²) in [5.74, 6) is -4.28. The lowest BCUT2D eigenvalue weighted by atomic mass is 9.97. The van der Waals surface area contributed by atoms with E-state index in [-0.39, 0.29) is 18.3 Å². The van der Waals surface area contributed by atoms with Gasteiger partial charge in [0, 0.05) is 17.8 Å². The number of rotatable bonds is 9. The number of nitrogens with one attached hydrogen (secondary N) is 1. The molecule has 9 heteroatoms. The molecule has 1 fully saturated rings. The van der Waals surface area contributed by atoms with Crippen LogP contribution in [0.4, 0.5) is 23.2 Å². The summed E-state index contributed by atoms with van der Waals surface area (Å²) >= 11 is 0. The first-order valence-corrected chi connectivity index (χ1v) is 13.6. The molecule has 4 aromatic rings. The van der Waals surface area contributed by atoms with Crippen molar-refractivity contribution in [1.29, 1.82) is 0 Å². The van der Waals surface area contributed by atoms with Crippen LogP contribution in [0.15, 0.2) is 91.0 Å². The zero-order valence-electron chi connectivity index (χ0n) is 22.5. The Hall–Kier alpha value is -4.66. The Morgan fingerprint density at radius 2 is 1.45 bits per heavy atom. The minimum atomic E-state index is -1.41. The molecule has 0 spiro atoms. The van der Waals surface area contributed by atoms with E-state index in [0.29, 0.717) is 36.1 Å². The Bertz CT molecular complexity index is 1550. The lowest BCUT2D eigenvalue weighted by molar-refractivity contribution is -0.136. The van der Waals surface area contributed by atoms with Gasteiger partial charge in [-0.2, -0.15) is 0 Å². The molecule has 1 saturated heterocycles. The molecule has 0 saturated carbocycles.